The van der Waals surface area contributed by atoms with Gasteiger partial charge in [-0.3, -0.25) is 9.69 Å². The largest absolute Gasteiger partial charge is 0.444 e. The highest BCUT2D eigenvalue weighted by atomic mass is 19.1. The molecule has 2 amide bonds. The molecule has 2 fully saturated rings. The molecule has 1 N–H and O–H groups in total. The smallest absolute Gasteiger partial charge is 0.414 e. The Hall–Kier alpha value is -3.07. The minimum atomic E-state index is -0.896. The Kier molecular flexibility index (Phi) is 4.09. The van der Waals surface area contributed by atoms with E-state index in [1.54, 1.807) is 0 Å². The van der Waals surface area contributed by atoms with E-state index in [0.717, 1.165) is 17.0 Å². The summed E-state index contributed by atoms with van der Waals surface area (Å²) in [5.41, 5.74) is 7.92. The van der Waals surface area contributed by atoms with Crippen molar-refractivity contribution in [1.29, 1.82) is 0 Å². The summed E-state index contributed by atoms with van der Waals surface area (Å²) in [4.78, 5) is 27.9. The number of azide groups is 1. The quantitative estimate of drug-likeness (QED) is 0.509. The third-order valence-electron chi connectivity index (χ3n) is 3.65. The molecule has 0 aromatic heterocycles. The molecular formula is C13H12F2N6O3. The highest BCUT2D eigenvalue weighted by Gasteiger charge is 2.33. The van der Waals surface area contributed by atoms with Crippen LogP contribution in [0.3, 0.4) is 0 Å². The van der Waals surface area contributed by atoms with Crippen LogP contribution in [0, 0.1) is 11.6 Å². The van der Waals surface area contributed by atoms with Crippen LogP contribution >= 0.6 is 0 Å². The maximum absolute atomic E-state index is 14.3. The van der Waals surface area contributed by atoms with E-state index in [-0.39, 0.29) is 43.6 Å². The highest BCUT2D eigenvalue weighted by Crippen LogP contribution is 2.31. The van der Waals surface area contributed by atoms with Crippen LogP contribution in [0.25, 0.3) is 10.4 Å². The summed E-state index contributed by atoms with van der Waals surface area (Å²) in [6.07, 6.45) is -1.46. The molecular weight excluding hydrogens is 326 g/mol. The third-order valence-corrected chi connectivity index (χ3v) is 3.65. The van der Waals surface area contributed by atoms with E-state index in [1.165, 1.54) is 4.90 Å². The van der Waals surface area contributed by atoms with Gasteiger partial charge in [0.1, 0.15) is 11.8 Å². The van der Waals surface area contributed by atoms with Crippen LogP contribution < -0.4 is 15.1 Å². The van der Waals surface area contributed by atoms with E-state index in [4.69, 9.17) is 10.3 Å². The molecule has 1 atom stereocenters. The van der Waals surface area contributed by atoms with E-state index < -0.39 is 23.8 Å². The third kappa shape index (κ3) is 2.88. The molecule has 0 saturated carbocycles. The number of cyclic esters (lactones) is 1. The van der Waals surface area contributed by atoms with Gasteiger partial charge in [0.15, 0.2) is 11.6 Å². The Morgan fingerprint density at radius 1 is 1.38 bits per heavy atom. The highest BCUT2D eigenvalue weighted by molar-refractivity contribution is 5.90. The van der Waals surface area contributed by atoms with Gasteiger partial charge in [0.25, 0.3) is 0 Å². The first-order valence-corrected chi connectivity index (χ1v) is 6.99. The topological polar surface area (TPSA) is 111 Å². The predicted molar refractivity (Wildman–Crippen MR) is 78.3 cm³/mol. The first-order chi connectivity index (χ1) is 11.5. The van der Waals surface area contributed by atoms with Crippen LogP contribution in [0.4, 0.5) is 25.0 Å². The van der Waals surface area contributed by atoms with Gasteiger partial charge in [-0.25, -0.2) is 13.6 Å². The molecule has 2 aliphatic rings. The molecule has 0 spiro atoms. The molecule has 3 rings (SSSR count). The Morgan fingerprint density at radius 3 is 2.67 bits per heavy atom. The van der Waals surface area contributed by atoms with E-state index in [0.29, 0.717) is 0 Å². The number of ether oxygens (including phenoxy) is 1. The number of hydrogen-bond acceptors (Lipinski definition) is 5. The zero-order valence-electron chi connectivity index (χ0n) is 12.3. The van der Waals surface area contributed by atoms with Crippen LogP contribution in [-0.2, 0) is 9.53 Å². The van der Waals surface area contributed by atoms with Crippen molar-refractivity contribution in [3.8, 4) is 0 Å². The van der Waals surface area contributed by atoms with Crippen LogP contribution in [0.1, 0.15) is 0 Å². The lowest BCUT2D eigenvalue weighted by atomic mass is 10.2. The Balaban J connectivity index is 1.84. The van der Waals surface area contributed by atoms with Gasteiger partial charge in [0, 0.05) is 17.0 Å². The summed E-state index contributed by atoms with van der Waals surface area (Å²) < 4.78 is 33.6. The van der Waals surface area contributed by atoms with Gasteiger partial charge >= 0.3 is 6.09 Å². The van der Waals surface area contributed by atoms with Gasteiger partial charge in [-0.05, 0) is 5.53 Å². The van der Waals surface area contributed by atoms with Gasteiger partial charge in [-0.2, -0.15) is 0 Å². The molecule has 1 aromatic rings. The van der Waals surface area contributed by atoms with Gasteiger partial charge in [0.2, 0.25) is 5.91 Å². The van der Waals surface area contributed by atoms with Crippen LogP contribution in [0.5, 0.6) is 0 Å². The first kappa shape index (κ1) is 15.8. The second kappa shape index (κ2) is 6.20. The standard InChI is InChI=1S/C13H12F2N6O3/c14-9-1-7(21-4-8(3-18-19-16)24-13(21)23)2-10(15)12(9)20-5-11(22)17-6-20/h1-2,8H,3-6H2,(H,17,22). The zero-order valence-corrected chi connectivity index (χ0v) is 12.3. The molecule has 126 valence electrons. The van der Waals surface area contributed by atoms with Crippen molar-refractivity contribution in [2.75, 3.05) is 36.1 Å². The van der Waals surface area contributed by atoms with Crippen LogP contribution in [0.15, 0.2) is 17.2 Å². The normalized spacial score (nSPS) is 20.0. The van der Waals surface area contributed by atoms with E-state index in [1.807, 2.05) is 0 Å². The Morgan fingerprint density at radius 2 is 2.08 bits per heavy atom. The summed E-state index contributed by atoms with van der Waals surface area (Å²) in [6.45, 7) is -0.192. The van der Waals surface area contributed by atoms with Crippen molar-refractivity contribution in [2.45, 2.75) is 6.10 Å². The molecule has 1 aromatic carbocycles. The number of amides is 2. The number of nitrogens with one attached hydrogen (secondary N) is 1. The van der Waals surface area contributed by atoms with Gasteiger partial charge < -0.3 is 15.0 Å². The first-order valence-electron chi connectivity index (χ1n) is 6.99. The lowest BCUT2D eigenvalue weighted by Crippen LogP contribution is -2.27. The monoisotopic (exact) mass is 338 g/mol. The molecule has 2 aliphatic heterocycles. The van der Waals surface area contributed by atoms with Crippen molar-refractivity contribution in [1.82, 2.24) is 5.32 Å². The minimum Gasteiger partial charge on any atom is -0.444 e. The van der Waals surface area contributed by atoms with Crippen molar-refractivity contribution in [3.63, 3.8) is 0 Å². The number of carbonyl (C=O) groups is 2. The van der Waals surface area contributed by atoms with Gasteiger partial charge in [-0.1, -0.05) is 5.11 Å². The summed E-state index contributed by atoms with van der Waals surface area (Å²) in [5.74, 6) is -2.12. The van der Waals surface area contributed by atoms with Gasteiger partial charge in [0.05, 0.1) is 32.0 Å². The second-order valence-corrected chi connectivity index (χ2v) is 5.24. The van der Waals surface area contributed by atoms with Crippen molar-refractivity contribution in [2.24, 2.45) is 5.11 Å². The fourth-order valence-electron chi connectivity index (χ4n) is 2.59. The van der Waals surface area contributed by atoms with E-state index in [9.17, 15) is 18.4 Å². The molecule has 0 bridgehead atoms. The molecule has 11 heteroatoms. The lowest BCUT2D eigenvalue weighted by Gasteiger charge is -2.20. The Labute approximate surface area is 134 Å². The summed E-state index contributed by atoms with van der Waals surface area (Å²) >= 11 is 0. The maximum atomic E-state index is 14.3. The average molecular weight is 338 g/mol. The molecule has 1 unspecified atom stereocenters. The van der Waals surface area contributed by atoms with E-state index >= 15 is 0 Å². The number of halogens is 2. The number of anilines is 2. The van der Waals surface area contributed by atoms with Gasteiger partial charge in [-0.15, -0.1) is 0 Å². The fourth-order valence-corrected chi connectivity index (χ4v) is 2.59. The molecule has 0 aliphatic carbocycles. The molecule has 2 saturated heterocycles. The lowest BCUT2D eigenvalue weighted by molar-refractivity contribution is -0.118. The van der Waals surface area contributed by atoms with E-state index in [2.05, 4.69) is 15.3 Å². The zero-order chi connectivity index (χ0) is 17.3. The molecule has 2 heterocycles. The van der Waals surface area contributed by atoms with Crippen molar-refractivity contribution in [3.05, 3.63) is 34.2 Å². The number of hydrogen-bond donors (Lipinski definition) is 1. The summed E-state index contributed by atoms with van der Waals surface area (Å²) in [7, 11) is 0. The fraction of sp³-hybridized carbons (Fsp3) is 0.385. The predicted octanol–water partition coefficient (Wildman–Crippen LogP) is 1.49. The molecule has 0 radical (unpaired) electrons. The molecule has 9 nitrogen and oxygen atoms in total. The number of rotatable bonds is 4. The number of carbonyl (C=O) groups excluding carboxylic acids is 2. The molecule has 24 heavy (non-hydrogen) atoms. The number of benzene rings is 1. The van der Waals surface area contributed by atoms with Crippen LogP contribution in [-0.4, -0.2) is 44.4 Å². The van der Waals surface area contributed by atoms with Crippen molar-refractivity contribution < 1.29 is 23.1 Å². The SMILES string of the molecule is [N-]=[N+]=NCC1CN(c2cc(F)c(N3CNC(=O)C3)c(F)c2)C(=O)O1. The average Bonchev–Trinajstić information content (AvgIpc) is 3.10. The van der Waals surface area contributed by atoms with Crippen LogP contribution in [0.2, 0.25) is 0 Å². The van der Waals surface area contributed by atoms with Crippen molar-refractivity contribution >= 4 is 23.4 Å². The summed E-state index contributed by atoms with van der Waals surface area (Å²) in [6, 6.07) is 2.00. The number of nitrogens with zero attached hydrogens (tertiary/aromatic N) is 5. The minimum absolute atomic E-state index is 0.00597. The summed E-state index contributed by atoms with van der Waals surface area (Å²) in [5, 5.41) is 5.76. The maximum Gasteiger partial charge on any atom is 0.414 e. The Bertz CT molecular complexity index is 728. The second-order valence-electron chi connectivity index (χ2n) is 5.24.